The highest BCUT2D eigenvalue weighted by Crippen LogP contribution is 2.40. The summed E-state index contributed by atoms with van der Waals surface area (Å²) in [6.07, 6.45) is -4.16. The third-order valence-electron chi connectivity index (χ3n) is 11.4. The molecule has 12 N–H and O–H groups in total. The average molecular weight is 2020 g/mol. The van der Waals surface area contributed by atoms with Gasteiger partial charge in [-0.25, -0.2) is 0 Å². The van der Waals surface area contributed by atoms with Crippen LogP contribution in [0, 0.1) is 28.6 Å². The Balaban J connectivity index is 2.13. The summed E-state index contributed by atoms with van der Waals surface area (Å²) >= 11 is 13.9. The minimum atomic E-state index is -1.39. The van der Waals surface area contributed by atoms with Crippen molar-refractivity contribution in [3.63, 3.8) is 0 Å². The van der Waals surface area contributed by atoms with Crippen molar-refractivity contribution in [1.82, 2.24) is 29.4 Å². The number of likely N-dealkylation sites (N-methyl/N-ethyl adjacent to an activating group) is 3. The number of anilines is 3. The van der Waals surface area contributed by atoms with E-state index < -0.39 is 131 Å². The topological polar surface area (TPSA) is 391 Å². The lowest BCUT2D eigenvalue weighted by Crippen LogP contribution is -2.60. The molecule has 0 radical (unpaired) electrons. The summed E-state index contributed by atoms with van der Waals surface area (Å²) in [6.45, 7) is -8.44. The normalized spacial score (nSPS) is 13.5. The first-order valence-electron chi connectivity index (χ1n) is 22.6. The molecule has 3 aromatic carbocycles. The number of carbonyl (C=O) groups is 9. The maximum Gasteiger partial charge on any atom is 0.258 e. The van der Waals surface area contributed by atoms with E-state index >= 15 is 14.4 Å². The highest BCUT2D eigenvalue weighted by atomic mass is 127. The molecule has 0 aromatic heterocycles. The summed E-state index contributed by atoms with van der Waals surface area (Å²) in [6, 6.07) is 1.23. The molecule has 1 saturated heterocycles. The van der Waals surface area contributed by atoms with Crippen molar-refractivity contribution < 1.29 is 89.1 Å². The smallest absolute Gasteiger partial charge is 0.258 e. The van der Waals surface area contributed by atoms with Crippen molar-refractivity contribution in [3.05, 3.63) is 68.0 Å². The standard InChI is InChI=1S/C45H49I8N9O18/c1-57(5-17(69)8-63)40(75)20-4-21(54-22(72)11-66)31(47)25(30(20)46)43(78)60-14-61(44(79)28-32(48)26(41(76)58(2)6-18(70)9-64)34(50)38(36(28)52)55-23(73)12-67)16-62(15-60)45(80)29-33(49)27(42(77)59(3)7-19(71)10-65)35(51)39(37(29)53)56-24(74)13-68/h4,17-19,63-71H,5-16H2,1-3H3,(H,54,72)(H,55,73)(H,56,74). The Kier molecular flexibility index (Phi) is 28.0. The Labute approximate surface area is 564 Å². The Morgan fingerprint density at radius 1 is 0.438 bits per heavy atom. The van der Waals surface area contributed by atoms with Crippen molar-refractivity contribution in [2.45, 2.75) is 18.3 Å². The van der Waals surface area contributed by atoms with Gasteiger partial charge in [-0.15, -0.1) is 0 Å². The van der Waals surface area contributed by atoms with Gasteiger partial charge in [0, 0.05) is 51.5 Å². The molecule has 0 aliphatic carbocycles. The molecule has 35 heteroatoms. The quantitative estimate of drug-likeness (QED) is 0.0634. The fraction of sp³-hybridized carbons (Fsp3) is 0.400. The second-order valence-corrected chi connectivity index (χ2v) is 25.9. The van der Waals surface area contributed by atoms with Crippen LogP contribution in [-0.2, 0) is 14.4 Å². The van der Waals surface area contributed by atoms with Gasteiger partial charge in [0.15, 0.2) is 0 Å². The van der Waals surface area contributed by atoms with Crippen LogP contribution in [0.4, 0.5) is 17.1 Å². The summed E-state index contributed by atoms with van der Waals surface area (Å²) in [5.74, 6) is -8.18. The van der Waals surface area contributed by atoms with Crippen molar-refractivity contribution in [2.24, 2.45) is 0 Å². The molecule has 80 heavy (non-hydrogen) atoms. The van der Waals surface area contributed by atoms with Gasteiger partial charge in [-0.1, -0.05) is 0 Å². The molecule has 27 nitrogen and oxygen atoms in total. The number of rotatable bonds is 21. The van der Waals surface area contributed by atoms with Gasteiger partial charge >= 0.3 is 0 Å². The van der Waals surface area contributed by atoms with Gasteiger partial charge in [0.25, 0.3) is 35.4 Å². The Morgan fingerprint density at radius 3 is 1.04 bits per heavy atom. The van der Waals surface area contributed by atoms with Gasteiger partial charge in [0.05, 0.1) is 126 Å². The molecule has 0 saturated carbocycles. The van der Waals surface area contributed by atoms with E-state index in [0.29, 0.717) is 0 Å². The summed E-state index contributed by atoms with van der Waals surface area (Å²) in [7, 11) is 3.91. The van der Waals surface area contributed by atoms with Gasteiger partial charge in [-0.2, -0.15) is 0 Å². The lowest BCUT2D eigenvalue weighted by molar-refractivity contribution is -0.119. The average Bonchev–Trinajstić information content (AvgIpc) is 3.46. The molecule has 3 aromatic rings. The highest BCUT2D eigenvalue weighted by molar-refractivity contribution is 14.1. The van der Waals surface area contributed by atoms with Crippen LogP contribution in [0.25, 0.3) is 0 Å². The molecule has 438 valence electrons. The Bertz CT molecular complexity index is 2850. The monoisotopic (exact) mass is 2020 g/mol. The van der Waals surface area contributed by atoms with Gasteiger partial charge in [-0.3, -0.25) is 43.2 Å². The van der Waals surface area contributed by atoms with E-state index in [9.17, 15) is 74.7 Å². The van der Waals surface area contributed by atoms with E-state index in [0.717, 1.165) is 29.4 Å². The third kappa shape index (κ3) is 16.5. The fourth-order valence-electron chi connectivity index (χ4n) is 7.49. The number of carbonyl (C=O) groups excluding carboxylic acids is 9. The number of hydrogen-bond acceptors (Lipinski definition) is 18. The van der Waals surface area contributed by atoms with E-state index in [2.05, 4.69) is 16.0 Å². The SMILES string of the molecule is CN(CC(O)CO)C(=O)c1cc(NC(=O)CO)c(I)c(C(=O)N2CN(C(=O)c3c(I)c(NC(=O)CO)c(I)c(C(=O)N(C)CC(O)CO)c3I)CN(C(=O)c3c(I)c(NC(=O)CO)c(I)c(C(=O)N(C)CC(O)CO)c3I)C2)c1I. The maximum absolute atomic E-state index is 15.6. The zero-order valence-electron chi connectivity index (χ0n) is 41.7. The molecule has 3 atom stereocenters. The minimum Gasteiger partial charge on any atom is -0.394 e. The Morgan fingerprint density at radius 2 is 0.725 bits per heavy atom. The van der Waals surface area contributed by atoms with Crippen molar-refractivity contribution >= 4 is 251 Å². The van der Waals surface area contributed by atoms with E-state index in [1.165, 1.54) is 27.2 Å². The van der Waals surface area contributed by atoms with E-state index in [1.54, 1.807) is 181 Å². The largest absolute Gasteiger partial charge is 0.394 e. The summed E-state index contributed by atoms with van der Waals surface area (Å²) in [5, 5.41) is 96.2. The lowest BCUT2D eigenvalue weighted by Gasteiger charge is -2.43. The first kappa shape index (κ1) is 70.9. The molecule has 0 bridgehead atoms. The zero-order chi connectivity index (χ0) is 60.5. The van der Waals surface area contributed by atoms with Crippen LogP contribution in [0.15, 0.2) is 6.07 Å². The molecule has 3 unspecified atom stereocenters. The first-order valence-corrected chi connectivity index (χ1v) is 31.3. The number of aliphatic hydroxyl groups excluding tert-OH is 9. The number of amides is 9. The van der Waals surface area contributed by atoms with Crippen molar-refractivity contribution in [2.75, 3.05) is 116 Å². The molecule has 9 amide bonds. The molecule has 1 fully saturated rings. The number of nitrogens with zero attached hydrogens (tertiary/aromatic N) is 6. The van der Waals surface area contributed by atoms with Crippen LogP contribution in [0.5, 0.6) is 0 Å². The van der Waals surface area contributed by atoms with Crippen molar-refractivity contribution in [1.29, 1.82) is 0 Å². The van der Waals surface area contributed by atoms with E-state index in [-0.39, 0.29) is 98.6 Å². The van der Waals surface area contributed by atoms with Crippen LogP contribution in [0.3, 0.4) is 0 Å². The third-order valence-corrected chi connectivity index (χ3v) is 20.1. The van der Waals surface area contributed by atoms with Crippen LogP contribution < -0.4 is 16.0 Å². The predicted molar refractivity (Wildman–Crippen MR) is 351 cm³/mol. The van der Waals surface area contributed by atoms with Crippen LogP contribution >= 0.6 is 181 Å². The number of halogens is 8. The predicted octanol–water partition coefficient (Wildman–Crippen LogP) is 0.205. The number of aliphatic hydroxyl groups is 9. The lowest BCUT2D eigenvalue weighted by atomic mass is 10.0. The second kappa shape index (κ2) is 31.7. The highest BCUT2D eigenvalue weighted by Gasteiger charge is 2.41. The van der Waals surface area contributed by atoms with Crippen LogP contribution in [-0.4, -0.2) is 247 Å². The molecule has 1 aliphatic heterocycles. The summed E-state index contributed by atoms with van der Waals surface area (Å²) in [5.41, 5.74) is -1.75. The van der Waals surface area contributed by atoms with Crippen molar-refractivity contribution in [3.8, 4) is 0 Å². The molecule has 4 rings (SSSR count). The van der Waals surface area contributed by atoms with E-state index in [4.69, 9.17) is 0 Å². The van der Waals surface area contributed by atoms with Gasteiger partial charge in [-0.05, 0) is 187 Å². The molecule has 1 heterocycles. The van der Waals surface area contributed by atoms with Crippen LogP contribution in [0.2, 0.25) is 0 Å². The molecule has 0 spiro atoms. The molecule has 1 aliphatic rings. The fourth-order valence-corrected chi connectivity index (χ4v) is 18.4. The first-order chi connectivity index (χ1) is 37.5. The minimum absolute atomic E-state index is 0.00361. The second-order valence-electron chi connectivity index (χ2n) is 17.3. The number of hydrogen-bond donors (Lipinski definition) is 12. The number of nitrogens with one attached hydrogen (secondary N) is 3. The van der Waals surface area contributed by atoms with Crippen LogP contribution in [0.1, 0.15) is 62.1 Å². The van der Waals surface area contributed by atoms with Gasteiger partial charge < -0.3 is 91.3 Å². The van der Waals surface area contributed by atoms with Gasteiger partial charge in [0.2, 0.25) is 17.7 Å². The summed E-state index contributed by atoms with van der Waals surface area (Å²) in [4.78, 5) is 134. The maximum atomic E-state index is 15.6. The number of benzene rings is 3. The van der Waals surface area contributed by atoms with E-state index in [1.807, 2.05) is 0 Å². The zero-order valence-corrected chi connectivity index (χ0v) is 59.0. The summed E-state index contributed by atoms with van der Waals surface area (Å²) < 4.78 is 0.112. The Hall–Kier alpha value is -1.63. The molecular weight excluding hydrogens is 1970 g/mol. The molecular formula is C45H49I8N9O18. The van der Waals surface area contributed by atoms with Gasteiger partial charge in [0.1, 0.15) is 19.8 Å².